The van der Waals surface area contributed by atoms with E-state index in [1.807, 2.05) is 0 Å². The van der Waals surface area contributed by atoms with E-state index < -0.39 is 12.0 Å². The summed E-state index contributed by atoms with van der Waals surface area (Å²) in [5.74, 6) is 0. The third-order valence-corrected chi connectivity index (χ3v) is 2.77. The van der Waals surface area contributed by atoms with Gasteiger partial charge in [-0.3, -0.25) is 10.1 Å². The molecule has 1 rings (SSSR count). The lowest BCUT2D eigenvalue weighted by Gasteiger charge is -2.05. The van der Waals surface area contributed by atoms with Crippen molar-refractivity contribution in [1.29, 1.82) is 0 Å². The molecule has 0 spiro atoms. The van der Waals surface area contributed by atoms with Crippen LogP contribution in [0.5, 0.6) is 0 Å². The molecule has 0 amide bonds. The van der Waals surface area contributed by atoms with Gasteiger partial charge in [0, 0.05) is 6.07 Å². The Kier molecular flexibility index (Phi) is 4.27. The van der Waals surface area contributed by atoms with Crippen LogP contribution in [0.15, 0.2) is 18.2 Å². The summed E-state index contributed by atoms with van der Waals surface area (Å²) in [5.41, 5.74) is 0.342. The molecule has 0 aliphatic carbocycles. The Bertz CT molecular complexity index is 385. The third kappa shape index (κ3) is 3.01. The number of hydrogen-bond acceptors (Lipinski definition) is 4. The maximum atomic E-state index is 10.7. The molecule has 0 saturated heterocycles. The quantitative estimate of drug-likeness (QED) is 0.374. The van der Waals surface area contributed by atoms with Crippen LogP contribution >= 0.6 is 31.9 Å². The normalized spacial score (nSPS) is 10.5. The zero-order valence-corrected chi connectivity index (χ0v) is 10.5. The molecule has 2 N–H and O–H groups in total. The van der Waals surface area contributed by atoms with Crippen LogP contribution in [0.25, 0.3) is 0 Å². The third-order valence-electron chi connectivity index (χ3n) is 1.78. The largest absolute Gasteiger partial charge is 0.488 e. The second-order valence-corrected chi connectivity index (χ2v) is 5.81. The predicted molar refractivity (Wildman–Crippen MR) is 63.5 cm³/mol. The molecule has 15 heavy (non-hydrogen) atoms. The van der Waals surface area contributed by atoms with Gasteiger partial charge >= 0.3 is 7.12 Å². The van der Waals surface area contributed by atoms with Crippen LogP contribution < -0.4 is 5.46 Å². The molecule has 80 valence electrons. The SMILES string of the molecule is O=[N+]([O-])c1cc(B(O)O)ccc1C(Br)Br. The minimum atomic E-state index is -1.71. The van der Waals surface area contributed by atoms with E-state index in [1.54, 1.807) is 0 Å². The number of hydrogen-bond donors (Lipinski definition) is 2. The molecule has 0 bridgehead atoms. The van der Waals surface area contributed by atoms with Crippen LogP contribution in [0.2, 0.25) is 0 Å². The van der Waals surface area contributed by atoms with Crippen LogP contribution in [-0.2, 0) is 0 Å². The van der Waals surface area contributed by atoms with Crippen molar-refractivity contribution in [3.05, 3.63) is 33.9 Å². The van der Waals surface area contributed by atoms with Gasteiger partial charge in [0.05, 0.1) is 10.5 Å². The number of nitro groups is 1. The molecule has 0 aromatic heterocycles. The monoisotopic (exact) mass is 337 g/mol. The van der Waals surface area contributed by atoms with Gasteiger partial charge in [-0.15, -0.1) is 0 Å². The molecule has 5 nitrogen and oxygen atoms in total. The number of rotatable bonds is 3. The van der Waals surface area contributed by atoms with Crippen LogP contribution in [0.4, 0.5) is 5.69 Å². The van der Waals surface area contributed by atoms with Gasteiger partial charge in [-0.2, -0.15) is 0 Å². The molecule has 0 aliphatic rings. The first-order valence-corrected chi connectivity index (χ1v) is 5.69. The van der Waals surface area contributed by atoms with Crippen LogP contribution in [0, 0.1) is 10.1 Å². The summed E-state index contributed by atoms with van der Waals surface area (Å²) in [5, 5.41) is 28.4. The molecular formula is C7H6BBr2NO4. The Labute approximate surface area is 103 Å². The van der Waals surface area contributed by atoms with E-state index in [-0.39, 0.29) is 14.9 Å². The molecule has 0 radical (unpaired) electrons. The first-order valence-electron chi connectivity index (χ1n) is 3.86. The second-order valence-electron chi connectivity index (χ2n) is 2.75. The van der Waals surface area contributed by atoms with Crippen molar-refractivity contribution in [2.24, 2.45) is 0 Å². The molecule has 8 heteroatoms. The zero-order valence-electron chi connectivity index (χ0n) is 7.30. The van der Waals surface area contributed by atoms with Crippen LogP contribution in [0.1, 0.15) is 9.30 Å². The standard InChI is InChI=1S/C7H6BBr2NO4/c9-7(10)5-2-1-4(8(12)13)3-6(5)11(14)15/h1-3,7,12-13H. The van der Waals surface area contributed by atoms with E-state index >= 15 is 0 Å². The van der Waals surface area contributed by atoms with Crippen molar-refractivity contribution in [1.82, 2.24) is 0 Å². The number of alkyl halides is 2. The molecule has 1 aromatic rings. The molecular weight excluding hydrogens is 333 g/mol. The van der Waals surface area contributed by atoms with E-state index in [2.05, 4.69) is 31.9 Å². The van der Waals surface area contributed by atoms with Crippen molar-refractivity contribution in [3.63, 3.8) is 0 Å². The number of nitro benzene ring substituents is 1. The van der Waals surface area contributed by atoms with Crippen LogP contribution in [0.3, 0.4) is 0 Å². The summed E-state index contributed by atoms with van der Waals surface area (Å²) >= 11 is 6.30. The van der Waals surface area contributed by atoms with Gasteiger partial charge in [0.15, 0.2) is 0 Å². The van der Waals surface area contributed by atoms with E-state index in [9.17, 15) is 10.1 Å². The van der Waals surface area contributed by atoms with Gasteiger partial charge in [-0.25, -0.2) is 0 Å². The predicted octanol–water partition coefficient (Wildman–Crippen LogP) is 1.06. The molecule has 0 heterocycles. The maximum Gasteiger partial charge on any atom is 0.488 e. The molecule has 0 aliphatic heterocycles. The minimum absolute atomic E-state index is 0.0890. The molecule has 0 unspecified atom stereocenters. The van der Waals surface area contributed by atoms with Gasteiger partial charge in [-0.05, 0) is 5.46 Å². The average molecular weight is 339 g/mol. The average Bonchev–Trinajstić information content (AvgIpc) is 2.16. The fourth-order valence-electron chi connectivity index (χ4n) is 1.06. The highest BCUT2D eigenvalue weighted by Gasteiger charge is 2.22. The van der Waals surface area contributed by atoms with E-state index in [0.29, 0.717) is 5.56 Å². The van der Waals surface area contributed by atoms with Crippen LogP contribution in [-0.4, -0.2) is 22.1 Å². The van der Waals surface area contributed by atoms with Gasteiger partial charge in [0.1, 0.15) is 3.74 Å². The maximum absolute atomic E-state index is 10.7. The Morgan fingerprint density at radius 3 is 2.40 bits per heavy atom. The zero-order chi connectivity index (χ0) is 11.6. The van der Waals surface area contributed by atoms with Gasteiger partial charge < -0.3 is 10.0 Å². The Morgan fingerprint density at radius 1 is 1.40 bits per heavy atom. The second kappa shape index (κ2) is 5.06. The van der Waals surface area contributed by atoms with E-state index in [0.717, 1.165) is 6.07 Å². The fraction of sp³-hybridized carbons (Fsp3) is 0.143. The summed E-state index contributed by atoms with van der Waals surface area (Å²) in [4.78, 5) is 10.1. The Morgan fingerprint density at radius 2 is 2.00 bits per heavy atom. The van der Waals surface area contributed by atoms with Crippen molar-refractivity contribution >= 4 is 50.1 Å². The summed E-state index contributed by atoms with van der Waals surface area (Å²) in [6.07, 6.45) is 0. The number of nitrogens with zero attached hydrogens (tertiary/aromatic N) is 1. The minimum Gasteiger partial charge on any atom is -0.423 e. The lowest BCUT2D eigenvalue weighted by Crippen LogP contribution is -2.30. The fourth-order valence-corrected chi connectivity index (χ4v) is 1.84. The highest BCUT2D eigenvalue weighted by Crippen LogP contribution is 2.34. The molecule has 0 saturated carbocycles. The highest BCUT2D eigenvalue weighted by atomic mass is 79.9. The Hall–Kier alpha value is -0.435. The van der Waals surface area contributed by atoms with Crippen molar-refractivity contribution in [2.75, 3.05) is 0 Å². The van der Waals surface area contributed by atoms with Gasteiger partial charge in [0.25, 0.3) is 5.69 Å². The van der Waals surface area contributed by atoms with Gasteiger partial charge in [0.2, 0.25) is 0 Å². The van der Waals surface area contributed by atoms with Crippen molar-refractivity contribution in [3.8, 4) is 0 Å². The highest BCUT2D eigenvalue weighted by molar-refractivity contribution is 9.24. The van der Waals surface area contributed by atoms with E-state index in [4.69, 9.17) is 10.0 Å². The van der Waals surface area contributed by atoms with Gasteiger partial charge in [-0.1, -0.05) is 44.0 Å². The summed E-state index contributed by atoms with van der Waals surface area (Å²) in [6, 6.07) is 4.01. The first-order chi connectivity index (χ1) is 6.93. The number of benzene rings is 1. The number of halogens is 2. The lowest BCUT2D eigenvalue weighted by molar-refractivity contribution is -0.385. The van der Waals surface area contributed by atoms with Crippen molar-refractivity contribution < 1.29 is 15.0 Å². The first kappa shape index (κ1) is 12.6. The molecule has 0 atom stereocenters. The summed E-state index contributed by atoms with van der Waals surface area (Å²) in [7, 11) is -1.71. The topological polar surface area (TPSA) is 83.6 Å². The smallest absolute Gasteiger partial charge is 0.423 e. The van der Waals surface area contributed by atoms with E-state index in [1.165, 1.54) is 12.1 Å². The molecule has 0 fully saturated rings. The summed E-state index contributed by atoms with van der Waals surface area (Å²) in [6.45, 7) is 0. The summed E-state index contributed by atoms with van der Waals surface area (Å²) < 4.78 is -0.352. The van der Waals surface area contributed by atoms with Crippen molar-refractivity contribution in [2.45, 2.75) is 3.74 Å². The molecule has 1 aromatic carbocycles. The lowest BCUT2D eigenvalue weighted by atomic mass is 9.80. The Balaban J connectivity index is 3.27.